The number of hydrogen-bond donors (Lipinski definition) is 0. The first-order chi connectivity index (χ1) is 6.90. The van der Waals surface area contributed by atoms with E-state index in [2.05, 4.69) is 15.9 Å². The molecule has 6 heteroatoms. The monoisotopic (exact) mass is 302 g/mol. The summed E-state index contributed by atoms with van der Waals surface area (Å²) in [5.41, 5.74) is -0.518. The van der Waals surface area contributed by atoms with Gasteiger partial charge < -0.3 is 4.74 Å². The van der Waals surface area contributed by atoms with E-state index in [1.165, 1.54) is 13.2 Å². The van der Waals surface area contributed by atoms with Crippen LogP contribution < -0.4 is 4.74 Å². The molecule has 1 aromatic rings. The number of halogens is 5. The molecule has 84 valence electrons. The molecule has 0 saturated carbocycles. The zero-order chi connectivity index (χ0) is 11.6. The van der Waals surface area contributed by atoms with E-state index in [0.717, 1.165) is 6.07 Å². The molecule has 0 amide bonds. The molecule has 0 spiro atoms. The van der Waals surface area contributed by atoms with Gasteiger partial charge in [0.05, 0.1) is 18.6 Å². The standard InChI is InChI=1S/C9H7BrClF3O/c1-15-8-5(4-11)2-6(10)3-7(8)9(12,13)14/h2-3H,4H2,1H3. The number of hydrogen-bond acceptors (Lipinski definition) is 1. The first kappa shape index (κ1) is 12.6. The van der Waals surface area contributed by atoms with Crippen molar-refractivity contribution >= 4 is 27.5 Å². The Morgan fingerprint density at radius 1 is 1.40 bits per heavy atom. The summed E-state index contributed by atoms with van der Waals surface area (Å²) in [6.07, 6.45) is -4.45. The number of methoxy groups -OCH3 is 1. The molecular formula is C9H7BrClF3O. The number of rotatable bonds is 2. The van der Waals surface area contributed by atoms with Crippen molar-refractivity contribution < 1.29 is 17.9 Å². The van der Waals surface area contributed by atoms with Crippen LogP contribution in [-0.2, 0) is 12.1 Å². The Morgan fingerprint density at radius 2 is 2.00 bits per heavy atom. The maximum Gasteiger partial charge on any atom is 0.420 e. The predicted octanol–water partition coefficient (Wildman–Crippen LogP) is 4.22. The fourth-order valence-corrected chi connectivity index (χ4v) is 1.90. The van der Waals surface area contributed by atoms with Crippen molar-refractivity contribution in [2.75, 3.05) is 7.11 Å². The molecule has 0 aliphatic rings. The average molecular weight is 304 g/mol. The minimum Gasteiger partial charge on any atom is -0.496 e. The molecule has 0 aliphatic heterocycles. The van der Waals surface area contributed by atoms with Gasteiger partial charge in [-0.05, 0) is 12.1 Å². The molecule has 0 saturated heterocycles. The van der Waals surface area contributed by atoms with Crippen LogP contribution in [0.25, 0.3) is 0 Å². The molecule has 0 aromatic heterocycles. The van der Waals surface area contributed by atoms with Gasteiger partial charge in [-0.1, -0.05) is 15.9 Å². The Balaban J connectivity index is 3.42. The topological polar surface area (TPSA) is 9.23 Å². The Morgan fingerprint density at radius 3 is 2.40 bits per heavy atom. The van der Waals surface area contributed by atoms with Crippen LogP contribution in [0.2, 0.25) is 0 Å². The first-order valence-electron chi connectivity index (χ1n) is 3.89. The van der Waals surface area contributed by atoms with Crippen LogP contribution in [0.3, 0.4) is 0 Å². The number of alkyl halides is 4. The van der Waals surface area contributed by atoms with Crippen molar-refractivity contribution in [1.82, 2.24) is 0 Å². The van der Waals surface area contributed by atoms with E-state index >= 15 is 0 Å². The van der Waals surface area contributed by atoms with Crippen molar-refractivity contribution in [3.05, 3.63) is 27.7 Å². The van der Waals surface area contributed by atoms with E-state index in [4.69, 9.17) is 16.3 Å². The quantitative estimate of drug-likeness (QED) is 0.744. The van der Waals surface area contributed by atoms with E-state index in [1.54, 1.807) is 0 Å². The van der Waals surface area contributed by atoms with Gasteiger partial charge in [-0.3, -0.25) is 0 Å². The molecule has 0 heterocycles. The summed E-state index contributed by atoms with van der Waals surface area (Å²) in [5.74, 6) is -0.258. The molecule has 1 aromatic carbocycles. The van der Waals surface area contributed by atoms with Crippen molar-refractivity contribution in [2.24, 2.45) is 0 Å². The largest absolute Gasteiger partial charge is 0.496 e. The van der Waals surface area contributed by atoms with E-state index in [0.29, 0.717) is 10.0 Å². The normalized spacial score (nSPS) is 11.6. The Kier molecular flexibility index (Phi) is 3.89. The summed E-state index contributed by atoms with van der Waals surface area (Å²) in [4.78, 5) is 0. The van der Waals surface area contributed by atoms with Gasteiger partial charge in [-0.15, -0.1) is 11.6 Å². The fraction of sp³-hybridized carbons (Fsp3) is 0.333. The molecular weight excluding hydrogens is 296 g/mol. The zero-order valence-electron chi connectivity index (χ0n) is 7.66. The molecule has 0 radical (unpaired) electrons. The molecule has 0 aliphatic carbocycles. The van der Waals surface area contributed by atoms with E-state index in [1.807, 2.05) is 0 Å². The third-order valence-electron chi connectivity index (χ3n) is 1.78. The lowest BCUT2D eigenvalue weighted by Crippen LogP contribution is -2.09. The van der Waals surface area contributed by atoms with Crippen LogP contribution in [-0.4, -0.2) is 7.11 Å². The van der Waals surface area contributed by atoms with Crippen LogP contribution in [0.4, 0.5) is 13.2 Å². The number of benzene rings is 1. The van der Waals surface area contributed by atoms with E-state index in [-0.39, 0.29) is 11.6 Å². The summed E-state index contributed by atoms with van der Waals surface area (Å²) in [7, 11) is 1.19. The summed E-state index contributed by atoms with van der Waals surface area (Å²) < 4.78 is 42.8. The third kappa shape index (κ3) is 2.78. The molecule has 0 fully saturated rings. The Hall–Kier alpha value is -0.420. The number of ether oxygens (including phenoxy) is 1. The maximum absolute atomic E-state index is 12.6. The van der Waals surface area contributed by atoms with Crippen molar-refractivity contribution in [2.45, 2.75) is 12.1 Å². The fourth-order valence-electron chi connectivity index (χ4n) is 1.20. The van der Waals surface area contributed by atoms with Gasteiger partial charge in [0.25, 0.3) is 0 Å². The molecule has 1 nitrogen and oxygen atoms in total. The van der Waals surface area contributed by atoms with Crippen LogP contribution in [0.15, 0.2) is 16.6 Å². The highest BCUT2D eigenvalue weighted by Crippen LogP contribution is 2.40. The van der Waals surface area contributed by atoms with Crippen LogP contribution in [0.1, 0.15) is 11.1 Å². The lowest BCUT2D eigenvalue weighted by molar-refractivity contribution is -0.138. The average Bonchev–Trinajstić information content (AvgIpc) is 2.15. The van der Waals surface area contributed by atoms with Crippen molar-refractivity contribution in [3.8, 4) is 5.75 Å². The van der Waals surface area contributed by atoms with Gasteiger partial charge in [-0.2, -0.15) is 13.2 Å². The Labute approximate surface area is 98.3 Å². The second-order valence-electron chi connectivity index (χ2n) is 2.78. The minimum absolute atomic E-state index is 0.0360. The minimum atomic E-state index is -4.45. The lowest BCUT2D eigenvalue weighted by atomic mass is 10.1. The van der Waals surface area contributed by atoms with Gasteiger partial charge in [0.2, 0.25) is 0 Å². The van der Waals surface area contributed by atoms with Gasteiger partial charge >= 0.3 is 6.18 Å². The second kappa shape index (κ2) is 4.61. The van der Waals surface area contributed by atoms with Crippen molar-refractivity contribution in [1.29, 1.82) is 0 Å². The molecule has 0 unspecified atom stereocenters. The highest BCUT2D eigenvalue weighted by molar-refractivity contribution is 9.10. The van der Waals surface area contributed by atoms with Crippen molar-refractivity contribution in [3.63, 3.8) is 0 Å². The summed E-state index contributed by atoms with van der Waals surface area (Å²) in [5, 5.41) is 0. The molecule has 0 N–H and O–H groups in total. The van der Waals surface area contributed by atoms with E-state index < -0.39 is 11.7 Å². The summed E-state index contributed by atoms with van der Waals surface area (Å²) in [6.45, 7) is 0. The zero-order valence-corrected chi connectivity index (χ0v) is 10.0. The van der Waals surface area contributed by atoms with Gasteiger partial charge in [0.15, 0.2) is 0 Å². The second-order valence-corrected chi connectivity index (χ2v) is 3.96. The SMILES string of the molecule is COc1c(CCl)cc(Br)cc1C(F)(F)F. The molecule has 0 atom stereocenters. The summed E-state index contributed by atoms with van der Waals surface area (Å²) in [6, 6.07) is 2.47. The Bertz CT molecular complexity index is 365. The highest BCUT2D eigenvalue weighted by atomic mass is 79.9. The van der Waals surface area contributed by atoms with Gasteiger partial charge in [0.1, 0.15) is 5.75 Å². The maximum atomic E-state index is 12.6. The van der Waals surface area contributed by atoms with Crippen LogP contribution in [0.5, 0.6) is 5.75 Å². The lowest BCUT2D eigenvalue weighted by Gasteiger charge is -2.15. The molecule has 0 bridgehead atoms. The first-order valence-corrected chi connectivity index (χ1v) is 5.22. The van der Waals surface area contributed by atoms with E-state index in [9.17, 15) is 13.2 Å². The molecule has 1 rings (SSSR count). The molecule has 15 heavy (non-hydrogen) atoms. The highest BCUT2D eigenvalue weighted by Gasteiger charge is 2.35. The third-order valence-corrected chi connectivity index (χ3v) is 2.53. The van der Waals surface area contributed by atoms with Crippen LogP contribution in [0, 0.1) is 0 Å². The van der Waals surface area contributed by atoms with Gasteiger partial charge in [-0.25, -0.2) is 0 Å². The summed E-state index contributed by atoms with van der Waals surface area (Å²) >= 11 is 8.53. The smallest absolute Gasteiger partial charge is 0.420 e. The van der Waals surface area contributed by atoms with Crippen LogP contribution >= 0.6 is 27.5 Å². The predicted molar refractivity (Wildman–Crippen MR) is 55.3 cm³/mol. The van der Waals surface area contributed by atoms with Gasteiger partial charge in [0, 0.05) is 10.0 Å².